The van der Waals surface area contributed by atoms with Crippen LogP contribution >= 0.6 is 0 Å². The molecule has 1 fully saturated rings. The van der Waals surface area contributed by atoms with Crippen LogP contribution in [-0.2, 0) is 31.0 Å². The van der Waals surface area contributed by atoms with Gasteiger partial charge in [0.2, 0.25) is 0 Å². The van der Waals surface area contributed by atoms with E-state index in [1.807, 2.05) is 0 Å². The summed E-state index contributed by atoms with van der Waals surface area (Å²) in [5.41, 5.74) is -2.47. The molecule has 1 amide bonds. The van der Waals surface area contributed by atoms with Crippen molar-refractivity contribution in [3.8, 4) is 11.5 Å². The normalized spacial score (nSPS) is 27.2. The Bertz CT molecular complexity index is 1550. The van der Waals surface area contributed by atoms with E-state index in [2.05, 4.69) is 9.47 Å². The van der Waals surface area contributed by atoms with E-state index < -0.39 is 115 Å². The van der Waals surface area contributed by atoms with E-state index >= 15 is 0 Å². The molecule has 0 radical (unpaired) electrons. The van der Waals surface area contributed by atoms with E-state index in [-0.39, 0.29) is 16.0 Å². The molecule has 2 aliphatic carbocycles. The number of alkyl halides is 15. The lowest BCUT2D eigenvalue weighted by molar-refractivity contribution is -0.283. The van der Waals surface area contributed by atoms with Crippen molar-refractivity contribution in [1.29, 1.82) is 0 Å². The monoisotopic (exact) mass is 709 g/mol. The Morgan fingerprint density at radius 1 is 0.766 bits per heavy atom. The van der Waals surface area contributed by atoms with Crippen LogP contribution in [0.4, 0.5) is 65.9 Å². The lowest BCUT2D eigenvalue weighted by atomic mass is 9.53. The zero-order valence-corrected chi connectivity index (χ0v) is 22.3. The van der Waals surface area contributed by atoms with Crippen LogP contribution in [0.3, 0.4) is 0 Å². The van der Waals surface area contributed by atoms with Crippen molar-refractivity contribution in [3.63, 3.8) is 0 Å². The fourth-order valence-corrected chi connectivity index (χ4v) is 6.36. The molecule has 1 aromatic rings. The van der Waals surface area contributed by atoms with Gasteiger partial charge in [0, 0.05) is 24.1 Å². The van der Waals surface area contributed by atoms with Gasteiger partial charge >= 0.3 is 54.1 Å². The molecule has 7 nitrogen and oxygen atoms in total. The van der Waals surface area contributed by atoms with Crippen molar-refractivity contribution in [2.45, 2.75) is 72.8 Å². The third-order valence-corrected chi connectivity index (χ3v) is 8.39. The molecule has 22 heteroatoms. The van der Waals surface area contributed by atoms with Gasteiger partial charge in [-0.2, -0.15) is 65.9 Å². The molecular weight excluding hydrogens is 695 g/mol. The molecule has 5 rings (SSSR count). The summed E-state index contributed by atoms with van der Waals surface area (Å²) in [7, 11) is 0. The van der Waals surface area contributed by atoms with Crippen LogP contribution in [0.2, 0.25) is 0 Å². The minimum Gasteiger partial charge on any atom is -0.481 e. The molecule has 1 saturated heterocycles. The fourth-order valence-electron chi connectivity index (χ4n) is 6.36. The zero-order valence-electron chi connectivity index (χ0n) is 22.3. The lowest BCUT2D eigenvalue weighted by Crippen LogP contribution is -2.69. The third kappa shape index (κ3) is 4.78. The number of piperidine rings is 1. The van der Waals surface area contributed by atoms with Gasteiger partial charge in [-0.25, -0.2) is 9.59 Å². The first-order chi connectivity index (χ1) is 21.2. The van der Waals surface area contributed by atoms with Crippen molar-refractivity contribution in [1.82, 2.24) is 4.90 Å². The first-order valence-electron chi connectivity index (χ1n) is 12.8. The van der Waals surface area contributed by atoms with Crippen molar-refractivity contribution < 1.29 is 94.5 Å². The van der Waals surface area contributed by atoms with E-state index in [4.69, 9.17) is 4.74 Å². The molecular formula is C25H14F15NO6. The van der Waals surface area contributed by atoms with Crippen LogP contribution in [0.15, 0.2) is 24.3 Å². The molecule has 5 atom stereocenters. The molecule has 4 aliphatic rings. The second-order valence-corrected chi connectivity index (χ2v) is 10.9. The number of nitrogens with zero attached hydrogens (tertiary/aromatic N) is 1. The minimum atomic E-state index is -6.48. The number of hydrogen-bond donors (Lipinski definition) is 0. The average molecular weight is 709 g/mol. The van der Waals surface area contributed by atoms with E-state index in [9.17, 15) is 80.2 Å². The van der Waals surface area contributed by atoms with Gasteiger partial charge in [0.05, 0.1) is 5.41 Å². The molecule has 0 N–H and O–H groups in total. The van der Waals surface area contributed by atoms with Crippen LogP contribution < -0.4 is 9.47 Å². The van der Waals surface area contributed by atoms with Gasteiger partial charge in [-0.1, -0.05) is 12.1 Å². The van der Waals surface area contributed by atoms with Gasteiger partial charge in [0.1, 0.15) is 6.10 Å². The Hall–Kier alpha value is -3.88. The summed E-state index contributed by atoms with van der Waals surface area (Å²) in [5, 5.41) is 0. The molecule has 5 unspecified atom stereocenters. The predicted octanol–water partition coefficient (Wildman–Crippen LogP) is 5.44. The molecule has 1 spiro atoms. The highest BCUT2D eigenvalue weighted by molar-refractivity contribution is 5.86. The molecule has 2 aliphatic heterocycles. The van der Waals surface area contributed by atoms with Crippen LogP contribution in [0, 0.1) is 5.92 Å². The van der Waals surface area contributed by atoms with Gasteiger partial charge in [0.25, 0.3) is 0 Å². The van der Waals surface area contributed by atoms with Gasteiger partial charge in [-0.05, 0) is 30.5 Å². The highest BCUT2D eigenvalue weighted by atomic mass is 19.4. The van der Waals surface area contributed by atoms with Crippen LogP contribution in [0.25, 0.3) is 0 Å². The van der Waals surface area contributed by atoms with E-state index in [0.29, 0.717) is 12.1 Å². The molecule has 2 heterocycles. The molecule has 47 heavy (non-hydrogen) atoms. The summed E-state index contributed by atoms with van der Waals surface area (Å²) in [6.45, 7) is -1.01. The predicted molar refractivity (Wildman–Crippen MR) is 118 cm³/mol. The Labute approximate surface area is 250 Å². The summed E-state index contributed by atoms with van der Waals surface area (Å²) < 4.78 is 213. The number of benzene rings is 1. The summed E-state index contributed by atoms with van der Waals surface area (Å²) in [4.78, 5) is 36.5. The molecule has 260 valence electrons. The smallest absolute Gasteiger partial charge is 0.465 e. The second-order valence-electron chi connectivity index (χ2n) is 10.9. The SMILES string of the molecule is O=C(Oc1ccc2c3c1OC1C(OC(=O)C(F)(F)C(F)(F)F)C=CC4C(C2)N(C(=O)C(F)(F)C(F)(F)F)CCC341)C(F)(F)C(F)(F)F. The van der Waals surface area contributed by atoms with Crippen LogP contribution in [-0.4, -0.2) is 83.8 Å². The second kappa shape index (κ2) is 10.1. The number of rotatable bonds is 5. The number of amides is 1. The molecule has 2 bridgehead atoms. The van der Waals surface area contributed by atoms with Crippen LogP contribution in [0.5, 0.6) is 11.5 Å². The first kappa shape index (κ1) is 34.5. The van der Waals surface area contributed by atoms with Crippen molar-refractivity contribution >= 4 is 17.8 Å². The van der Waals surface area contributed by atoms with Crippen molar-refractivity contribution in [2.75, 3.05) is 6.54 Å². The number of carbonyl (C=O) groups excluding carboxylic acids is 3. The Morgan fingerprint density at radius 2 is 1.32 bits per heavy atom. The summed E-state index contributed by atoms with van der Waals surface area (Å²) in [6, 6.07) is -0.260. The van der Waals surface area contributed by atoms with E-state index in [0.717, 1.165) is 12.1 Å². The van der Waals surface area contributed by atoms with Gasteiger partial charge in [-0.3, -0.25) is 4.79 Å². The number of ether oxygens (including phenoxy) is 3. The topological polar surface area (TPSA) is 82.1 Å². The number of halogens is 15. The lowest BCUT2D eigenvalue weighted by Gasteiger charge is -2.57. The zero-order chi connectivity index (χ0) is 35.5. The highest BCUT2D eigenvalue weighted by Gasteiger charge is 2.72. The van der Waals surface area contributed by atoms with E-state index in [1.165, 1.54) is 0 Å². The van der Waals surface area contributed by atoms with Gasteiger partial charge in [-0.15, -0.1) is 0 Å². The number of esters is 2. The standard InChI is InChI=1S/C25H14F15NO6/c26-20(27,23(32,33)34)16(42)41-6-5-19-9-2-4-12(46-18(44)22(30,31)25(38,39)40)15(19)47-14-11(3-1-8(13(14)19)7-10(9)41)45-17(43)21(28,29)24(35,36)37/h1-4,9-10,12,15H,5-7H2. The molecule has 1 aromatic carbocycles. The first-order valence-corrected chi connectivity index (χ1v) is 12.8. The van der Waals surface area contributed by atoms with Crippen molar-refractivity contribution in [3.05, 3.63) is 35.4 Å². The third-order valence-electron chi connectivity index (χ3n) is 8.39. The average Bonchev–Trinajstić information content (AvgIpc) is 3.27. The number of hydrogen-bond acceptors (Lipinski definition) is 6. The fraction of sp³-hybridized carbons (Fsp3) is 0.560. The largest absolute Gasteiger partial charge is 0.481 e. The number of carbonyl (C=O) groups is 3. The van der Waals surface area contributed by atoms with Gasteiger partial charge < -0.3 is 19.1 Å². The summed E-state index contributed by atoms with van der Waals surface area (Å²) in [5.74, 6) is -30.8. The van der Waals surface area contributed by atoms with Gasteiger partial charge in [0.15, 0.2) is 17.6 Å². The van der Waals surface area contributed by atoms with Crippen molar-refractivity contribution in [2.24, 2.45) is 5.92 Å². The summed E-state index contributed by atoms with van der Waals surface area (Å²) in [6.07, 6.45) is -23.6. The van der Waals surface area contributed by atoms with Crippen LogP contribution in [0.1, 0.15) is 17.5 Å². The van der Waals surface area contributed by atoms with E-state index in [1.54, 1.807) is 0 Å². The minimum absolute atomic E-state index is 0.147. The maximum absolute atomic E-state index is 14.1. The maximum Gasteiger partial charge on any atom is 0.465 e. The molecule has 0 aromatic heterocycles. The molecule has 0 saturated carbocycles. The Morgan fingerprint density at radius 3 is 1.87 bits per heavy atom. The quantitative estimate of drug-likeness (QED) is 0.176. The number of likely N-dealkylation sites (tertiary alicyclic amines) is 1. The highest BCUT2D eigenvalue weighted by Crippen LogP contribution is 2.63. The Kier molecular flexibility index (Phi) is 7.38. The maximum atomic E-state index is 14.1. The summed E-state index contributed by atoms with van der Waals surface area (Å²) >= 11 is 0. The Balaban J connectivity index is 1.62.